The number of carbonyl (C=O) groups is 1. The van der Waals surface area contributed by atoms with Crippen LogP contribution in [0.2, 0.25) is 0 Å². The predicted octanol–water partition coefficient (Wildman–Crippen LogP) is 2.62. The second-order valence-corrected chi connectivity index (χ2v) is 4.83. The molecule has 19 heavy (non-hydrogen) atoms. The molecular formula is C14H20N2O3. The quantitative estimate of drug-likeness (QED) is 0.859. The van der Waals surface area contributed by atoms with Crippen molar-refractivity contribution in [1.82, 2.24) is 5.32 Å². The minimum Gasteiger partial charge on any atom is -0.497 e. The van der Waals surface area contributed by atoms with Gasteiger partial charge in [0.05, 0.1) is 14.2 Å². The van der Waals surface area contributed by atoms with Crippen molar-refractivity contribution in [3.8, 4) is 11.5 Å². The minimum atomic E-state index is -0.199. The summed E-state index contributed by atoms with van der Waals surface area (Å²) in [6.45, 7) is 2.03. The van der Waals surface area contributed by atoms with Gasteiger partial charge in [-0.25, -0.2) is 4.79 Å². The zero-order chi connectivity index (χ0) is 13.8. The highest BCUT2D eigenvalue weighted by Gasteiger charge is 2.28. The lowest BCUT2D eigenvalue weighted by atomic mass is 10.2. The Labute approximate surface area is 113 Å². The van der Waals surface area contributed by atoms with E-state index in [2.05, 4.69) is 10.6 Å². The number of hydrogen-bond acceptors (Lipinski definition) is 3. The van der Waals surface area contributed by atoms with Gasteiger partial charge in [-0.3, -0.25) is 0 Å². The number of anilines is 1. The van der Waals surface area contributed by atoms with Crippen LogP contribution in [0, 0.1) is 5.92 Å². The van der Waals surface area contributed by atoms with E-state index in [0.29, 0.717) is 23.1 Å². The smallest absolute Gasteiger partial charge is 0.319 e. The molecule has 0 heterocycles. The van der Waals surface area contributed by atoms with Crippen LogP contribution in [0.1, 0.15) is 19.8 Å². The molecule has 1 fully saturated rings. The van der Waals surface area contributed by atoms with Crippen molar-refractivity contribution in [2.45, 2.75) is 25.8 Å². The standard InChI is InChI=1S/C14H20N2O3/c1-9(10-4-5-10)15-14(17)16-11-6-12(18-2)8-13(7-11)19-3/h6-10H,4-5H2,1-3H3,(H2,15,16,17). The van der Waals surface area contributed by atoms with Crippen LogP contribution in [0.25, 0.3) is 0 Å². The van der Waals surface area contributed by atoms with Crippen molar-refractivity contribution in [2.24, 2.45) is 5.92 Å². The number of ether oxygens (including phenoxy) is 2. The molecule has 0 aliphatic heterocycles. The van der Waals surface area contributed by atoms with Crippen LogP contribution < -0.4 is 20.1 Å². The third-order valence-corrected chi connectivity index (χ3v) is 3.30. The molecular weight excluding hydrogens is 244 g/mol. The number of amides is 2. The molecule has 0 bridgehead atoms. The molecule has 2 rings (SSSR count). The van der Waals surface area contributed by atoms with E-state index in [1.165, 1.54) is 12.8 Å². The van der Waals surface area contributed by atoms with Gasteiger partial charge in [-0.15, -0.1) is 0 Å². The van der Waals surface area contributed by atoms with Gasteiger partial charge in [0.1, 0.15) is 11.5 Å². The number of hydrogen-bond donors (Lipinski definition) is 2. The first-order valence-electron chi connectivity index (χ1n) is 6.43. The maximum absolute atomic E-state index is 11.9. The molecule has 1 unspecified atom stereocenters. The van der Waals surface area contributed by atoms with E-state index in [1.807, 2.05) is 6.92 Å². The first-order valence-corrected chi connectivity index (χ1v) is 6.43. The van der Waals surface area contributed by atoms with Gasteiger partial charge in [-0.1, -0.05) is 0 Å². The molecule has 1 saturated carbocycles. The summed E-state index contributed by atoms with van der Waals surface area (Å²) in [6.07, 6.45) is 2.41. The number of carbonyl (C=O) groups excluding carboxylic acids is 1. The summed E-state index contributed by atoms with van der Waals surface area (Å²) in [5, 5.41) is 5.73. The van der Waals surface area contributed by atoms with Crippen LogP contribution in [0.3, 0.4) is 0 Å². The molecule has 104 valence electrons. The molecule has 5 nitrogen and oxygen atoms in total. The van der Waals surface area contributed by atoms with Crippen molar-refractivity contribution < 1.29 is 14.3 Å². The van der Waals surface area contributed by atoms with Gasteiger partial charge in [0.25, 0.3) is 0 Å². The van der Waals surface area contributed by atoms with Gasteiger partial charge < -0.3 is 20.1 Å². The van der Waals surface area contributed by atoms with E-state index >= 15 is 0 Å². The van der Waals surface area contributed by atoms with Crippen molar-refractivity contribution in [1.29, 1.82) is 0 Å². The highest BCUT2D eigenvalue weighted by molar-refractivity contribution is 5.90. The normalized spacial score (nSPS) is 15.5. The summed E-state index contributed by atoms with van der Waals surface area (Å²) in [5.41, 5.74) is 0.650. The molecule has 1 aliphatic carbocycles. The molecule has 1 atom stereocenters. The Balaban J connectivity index is 1.98. The van der Waals surface area contributed by atoms with Gasteiger partial charge in [0, 0.05) is 29.9 Å². The van der Waals surface area contributed by atoms with Gasteiger partial charge >= 0.3 is 6.03 Å². The topological polar surface area (TPSA) is 59.6 Å². The zero-order valence-electron chi connectivity index (χ0n) is 11.5. The summed E-state index contributed by atoms with van der Waals surface area (Å²) in [7, 11) is 3.15. The van der Waals surface area contributed by atoms with E-state index < -0.39 is 0 Å². The van der Waals surface area contributed by atoms with Crippen LogP contribution in [0.4, 0.5) is 10.5 Å². The monoisotopic (exact) mass is 264 g/mol. The molecule has 1 aliphatic rings. The fourth-order valence-electron chi connectivity index (χ4n) is 1.97. The van der Waals surface area contributed by atoms with E-state index in [1.54, 1.807) is 32.4 Å². The number of urea groups is 1. The first kappa shape index (κ1) is 13.5. The van der Waals surface area contributed by atoms with Crippen molar-refractivity contribution >= 4 is 11.7 Å². The van der Waals surface area contributed by atoms with E-state index in [9.17, 15) is 4.79 Å². The second kappa shape index (κ2) is 5.82. The van der Waals surface area contributed by atoms with Crippen molar-refractivity contribution in [2.75, 3.05) is 19.5 Å². The molecule has 1 aromatic carbocycles. The van der Waals surface area contributed by atoms with Crippen molar-refractivity contribution in [3.63, 3.8) is 0 Å². The third-order valence-electron chi connectivity index (χ3n) is 3.30. The Bertz CT molecular complexity index is 436. The SMILES string of the molecule is COc1cc(NC(=O)NC(C)C2CC2)cc(OC)c1. The Morgan fingerprint density at radius 2 is 1.79 bits per heavy atom. The molecule has 5 heteroatoms. The number of nitrogens with one attached hydrogen (secondary N) is 2. The average molecular weight is 264 g/mol. The number of rotatable bonds is 5. The maximum atomic E-state index is 11.9. The molecule has 0 radical (unpaired) electrons. The highest BCUT2D eigenvalue weighted by Crippen LogP contribution is 2.32. The Hall–Kier alpha value is -1.91. The second-order valence-electron chi connectivity index (χ2n) is 4.83. The molecule has 0 aromatic heterocycles. The lowest BCUT2D eigenvalue weighted by molar-refractivity contribution is 0.248. The molecule has 2 N–H and O–H groups in total. The Morgan fingerprint density at radius 1 is 1.21 bits per heavy atom. The van der Waals surface area contributed by atoms with Gasteiger partial charge in [0.15, 0.2) is 0 Å². The van der Waals surface area contributed by atoms with Crippen LogP contribution in [0.15, 0.2) is 18.2 Å². The van der Waals surface area contributed by atoms with E-state index in [-0.39, 0.29) is 12.1 Å². The van der Waals surface area contributed by atoms with Crippen LogP contribution in [0.5, 0.6) is 11.5 Å². The van der Waals surface area contributed by atoms with Crippen LogP contribution in [-0.2, 0) is 0 Å². The molecule has 1 aromatic rings. The Kier molecular flexibility index (Phi) is 4.14. The fraction of sp³-hybridized carbons (Fsp3) is 0.500. The van der Waals surface area contributed by atoms with E-state index in [0.717, 1.165) is 0 Å². The number of methoxy groups -OCH3 is 2. The lowest BCUT2D eigenvalue weighted by Gasteiger charge is -2.14. The lowest BCUT2D eigenvalue weighted by Crippen LogP contribution is -2.37. The largest absolute Gasteiger partial charge is 0.497 e. The number of benzene rings is 1. The summed E-state index contributed by atoms with van der Waals surface area (Å²) >= 11 is 0. The predicted molar refractivity (Wildman–Crippen MR) is 73.9 cm³/mol. The Morgan fingerprint density at radius 3 is 2.26 bits per heavy atom. The summed E-state index contributed by atoms with van der Waals surface area (Å²) in [5.74, 6) is 1.92. The van der Waals surface area contributed by atoms with Crippen molar-refractivity contribution in [3.05, 3.63) is 18.2 Å². The summed E-state index contributed by atoms with van der Waals surface area (Å²) in [4.78, 5) is 11.9. The highest BCUT2D eigenvalue weighted by atomic mass is 16.5. The van der Waals surface area contributed by atoms with Crippen LogP contribution in [-0.4, -0.2) is 26.3 Å². The zero-order valence-corrected chi connectivity index (χ0v) is 11.5. The van der Waals surface area contributed by atoms with Gasteiger partial charge in [-0.2, -0.15) is 0 Å². The third kappa shape index (κ3) is 3.77. The first-order chi connectivity index (χ1) is 9.12. The molecule has 2 amide bonds. The average Bonchev–Trinajstić information content (AvgIpc) is 3.22. The summed E-state index contributed by atoms with van der Waals surface area (Å²) < 4.78 is 10.3. The van der Waals surface area contributed by atoms with Gasteiger partial charge in [-0.05, 0) is 25.7 Å². The molecule has 0 saturated heterocycles. The van der Waals surface area contributed by atoms with Gasteiger partial charge in [0.2, 0.25) is 0 Å². The molecule has 0 spiro atoms. The fourth-order valence-corrected chi connectivity index (χ4v) is 1.97. The maximum Gasteiger partial charge on any atom is 0.319 e. The minimum absolute atomic E-state index is 0.199. The van der Waals surface area contributed by atoms with E-state index in [4.69, 9.17) is 9.47 Å². The van der Waals surface area contributed by atoms with Crippen LogP contribution >= 0.6 is 0 Å². The summed E-state index contributed by atoms with van der Waals surface area (Å²) in [6, 6.07) is 5.28.